The molecule has 134 valence electrons. The molecular formula is C19H17ClN2O3S. The van der Waals surface area contributed by atoms with Gasteiger partial charge in [0.05, 0.1) is 29.3 Å². The average molecular weight is 389 g/mol. The van der Waals surface area contributed by atoms with E-state index >= 15 is 0 Å². The van der Waals surface area contributed by atoms with E-state index < -0.39 is 0 Å². The van der Waals surface area contributed by atoms with Crippen LogP contribution in [-0.2, 0) is 22.5 Å². The number of halogens is 1. The number of hydrogen-bond acceptors (Lipinski definition) is 4. The number of esters is 1. The zero-order valence-electron chi connectivity index (χ0n) is 14.4. The number of benzene rings is 2. The van der Waals surface area contributed by atoms with Gasteiger partial charge in [-0.05, 0) is 42.8 Å². The molecule has 0 fully saturated rings. The van der Waals surface area contributed by atoms with Gasteiger partial charge in [0.1, 0.15) is 0 Å². The third-order valence-electron chi connectivity index (χ3n) is 3.91. The molecule has 1 heterocycles. The number of nitrogens with zero attached hydrogens (tertiary/aromatic N) is 2. The Hall–Kier alpha value is -2.44. The van der Waals surface area contributed by atoms with Gasteiger partial charge < -0.3 is 9.30 Å². The Morgan fingerprint density at radius 1 is 1.19 bits per heavy atom. The number of carbonyl (C=O) groups excluding carboxylic acids is 2. The third kappa shape index (κ3) is 3.86. The molecule has 0 aliphatic rings. The first-order chi connectivity index (χ1) is 12.5. The highest BCUT2D eigenvalue weighted by Crippen LogP contribution is 2.20. The number of hydrogen-bond donors (Lipinski definition) is 0. The van der Waals surface area contributed by atoms with Crippen molar-refractivity contribution in [3.05, 3.63) is 63.4 Å². The molecule has 0 saturated carbocycles. The second kappa shape index (κ2) is 7.85. The molecule has 0 atom stereocenters. The van der Waals surface area contributed by atoms with E-state index in [4.69, 9.17) is 16.3 Å². The summed E-state index contributed by atoms with van der Waals surface area (Å²) in [5.41, 5.74) is 2.27. The summed E-state index contributed by atoms with van der Waals surface area (Å²) in [6.07, 6.45) is 0.211. The van der Waals surface area contributed by atoms with E-state index in [1.165, 1.54) is 18.4 Å². The summed E-state index contributed by atoms with van der Waals surface area (Å²) >= 11 is 7.24. The Labute approximate surface area is 159 Å². The fourth-order valence-corrected chi connectivity index (χ4v) is 3.91. The first kappa shape index (κ1) is 18.4. The highest BCUT2D eigenvalue weighted by atomic mass is 35.5. The molecule has 0 aliphatic heterocycles. The van der Waals surface area contributed by atoms with Crippen LogP contribution in [0.3, 0.4) is 0 Å². The van der Waals surface area contributed by atoms with Gasteiger partial charge in [-0.3, -0.25) is 4.79 Å². The largest absolute Gasteiger partial charge is 0.465 e. The summed E-state index contributed by atoms with van der Waals surface area (Å²) in [4.78, 5) is 29.0. The van der Waals surface area contributed by atoms with Crippen molar-refractivity contribution in [2.45, 2.75) is 19.9 Å². The van der Waals surface area contributed by atoms with Crippen LogP contribution in [0.5, 0.6) is 0 Å². The Balaban J connectivity index is 1.97. The van der Waals surface area contributed by atoms with Crippen LogP contribution in [0.1, 0.15) is 22.8 Å². The fourth-order valence-electron chi connectivity index (χ4n) is 2.63. The van der Waals surface area contributed by atoms with E-state index in [9.17, 15) is 9.59 Å². The van der Waals surface area contributed by atoms with E-state index in [1.807, 2.05) is 29.7 Å². The molecule has 0 unspecified atom stereocenters. The van der Waals surface area contributed by atoms with Crippen LogP contribution < -0.4 is 4.80 Å². The number of ether oxygens (including phenoxy) is 1. The van der Waals surface area contributed by atoms with Crippen molar-refractivity contribution >= 4 is 45.0 Å². The Morgan fingerprint density at radius 2 is 1.92 bits per heavy atom. The number of amides is 1. The van der Waals surface area contributed by atoms with Gasteiger partial charge in [0.25, 0.3) is 5.91 Å². The smallest absolute Gasteiger partial charge is 0.337 e. The molecule has 26 heavy (non-hydrogen) atoms. The number of aromatic nitrogens is 1. The quantitative estimate of drug-likeness (QED) is 0.638. The number of fused-ring (bicyclic) bond motifs is 1. The van der Waals surface area contributed by atoms with E-state index in [2.05, 4.69) is 4.99 Å². The van der Waals surface area contributed by atoms with Gasteiger partial charge in [-0.15, -0.1) is 0 Å². The number of carbonyl (C=O) groups is 2. The second-order valence-corrected chi connectivity index (χ2v) is 7.06. The van der Waals surface area contributed by atoms with Crippen LogP contribution in [0.15, 0.2) is 47.5 Å². The van der Waals surface area contributed by atoms with Crippen molar-refractivity contribution in [2.75, 3.05) is 7.11 Å². The van der Waals surface area contributed by atoms with Crippen LogP contribution in [0.25, 0.3) is 10.2 Å². The minimum atomic E-state index is -0.388. The summed E-state index contributed by atoms with van der Waals surface area (Å²) in [7, 11) is 1.35. The van der Waals surface area contributed by atoms with E-state index in [1.54, 1.807) is 24.3 Å². The lowest BCUT2D eigenvalue weighted by molar-refractivity contribution is -0.117. The molecule has 1 amide bonds. The lowest BCUT2D eigenvalue weighted by Gasteiger charge is -2.02. The summed E-state index contributed by atoms with van der Waals surface area (Å²) in [6, 6.07) is 12.5. The minimum Gasteiger partial charge on any atom is -0.465 e. The average Bonchev–Trinajstić information content (AvgIpc) is 2.98. The van der Waals surface area contributed by atoms with Gasteiger partial charge >= 0.3 is 5.97 Å². The number of aryl methyl sites for hydroxylation is 1. The molecule has 7 heteroatoms. The Bertz CT molecular complexity index is 1040. The highest BCUT2D eigenvalue weighted by Gasteiger charge is 2.11. The predicted molar refractivity (Wildman–Crippen MR) is 103 cm³/mol. The van der Waals surface area contributed by atoms with Crippen molar-refractivity contribution in [3.63, 3.8) is 0 Å². The Kier molecular flexibility index (Phi) is 5.54. The number of rotatable bonds is 4. The molecule has 0 radical (unpaired) electrons. The monoisotopic (exact) mass is 388 g/mol. The van der Waals surface area contributed by atoms with Crippen molar-refractivity contribution in [1.29, 1.82) is 0 Å². The van der Waals surface area contributed by atoms with Crippen molar-refractivity contribution < 1.29 is 14.3 Å². The summed E-state index contributed by atoms with van der Waals surface area (Å²) < 4.78 is 7.60. The lowest BCUT2D eigenvalue weighted by Crippen LogP contribution is -2.16. The van der Waals surface area contributed by atoms with Gasteiger partial charge in [-0.25, -0.2) is 4.79 Å². The zero-order valence-corrected chi connectivity index (χ0v) is 15.9. The molecule has 5 nitrogen and oxygen atoms in total. The molecule has 2 aromatic carbocycles. The minimum absolute atomic E-state index is 0.211. The molecule has 0 aliphatic carbocycles. The van der Waals surface area contributed by atoms with Crippen LogP contribution in [-0.4, -0.2) is 23.6 Å². The molecule has 1 aromatic heterocycles. The van der Waals surface area contributed by atoms with Gasteiger partial charge in [-0.2, -0.15) is 4.99 Å². The lowest BCUT2D eigenvalue weighted by atomic mass is 10.1. The number of thiazole rings is 1. The summed E-state index contributed by atoms with van der Waals surface area (Å²) in [6.45, 7) is 2.66. The molecule has 0 saturated heterocycles. The van der Waals surface area contributed by atoms with Gasteiger partial charge in [0, 0.05) is 11.6 Å². The van der Waals surface area contributed by atoms with E-state index in [0.29, 0.717) is 21.9 Å². The van der Waals surface area contributed by atoms with Crippen LogP contribution in [0, 0.1) is 0 Å². The first-order valence-electron chi connectivity index (χ1n) is 8.05. The molecule has 0 spiro atoms. The van der Waals surface area contributed by atoms with Gasteiger partial charge in [0.2, 0.25) is 0 Å². The summed E-state index contributed by atoms with van der Waals surface area (Å²) in [5, 5.41) is 0.632. The van der Waals surface area contributed by atoms with Crippen molar-refractivity contribution in [2.24, 2.45) is 4.99 Å². The van der Waals surface area contributed by atoms with Gasteiger partial charge in [-0.1, -0.05) is 35.1 Å². The van der Waals surface area contributed by atoms with Crippen molar-refractivity contribution in [1.82, 2.24) is 4.57 Å². The summed E-state index contributed by atoms with van der Waals surface area (Å²) in [5.74, 6) is -0.616. The Morgan fingerprint density at radius 3 is 2.58 bits per heavy atom. The molecule has 3 aromatic rings. The molecule has 0 N–H and O–H groups in total. The maximum absolute atomic E-state index is 12.4. The van der Waals surface area contributed by atoms with Gasteiger partial charge in [0.15, 0.2) is 4.80 Å². The third-order valence-corrected chi connectivity index (χ3v) is 5.20. The molecule has 0 bridgehead atoms. The van der Waals surface area contributed by atoms with Crippen LogP contribution >= 0.6 is 22.9 Å². The SMILES string of the molecule is CCn1c(=NC(=O)Cc2ccc(Cl)cc2)sc2cc(C(=O)OC)ccc21. The second-order valence-electron chi connectivity index (χ2n) is 5.61. The fraction of sp³-hybridized carbons (Fsp3) is 0.211. The standard InChI is InChI=1S/C19H17ClN2O3S/c1-3-22-15-9-6-13(18(24)25-2)11-16(15)26-19(22)21-17(23)10-12-4-7-14(20)8-5-12/h4-9,11H,3,10H2,1-2H3. The first-order valence-corrected chi connectivity index (χ1v) is 9.25. The van der Waals surface area contributed by atoms with Crippen LogP contribution in [0.4, 0.5) is 0 Å². The zero-order chi connectivity index (χ0) is 18.7. The highest BCUT2D eigenvalue weighted by molar-refractivity contribution is 7.16. The van der Waals surface area contributed by atoms with E-state index in [-0.39, 0.29) is 18.3 Å². The molecule has 3 rings (SSSR count). The maximum Gasteiger partial charge on any atom is 0.337 e. The van der Waals surface area contributed by atoms with E-state index in [0.717, 1.165) is 15.8 Å². The number of methoxy groups -OCH3 is 1. The van der Waals surface area contributed by atoms with Crippen molar-refractivity contribution in [3.8, 4) is 0 Å². The van der Waals surface area contributed by atoms with Crippen LogP contribution in [0.2, 0.25) is 5.02 Å². The maximum atomic E-state index is 12.4. The topological polar surface area (TPSA) is 60.7 Å². The molecular weight excluding hydrogens is 372 g/mol. The predicted octanol–water partition coefficient (Wildman–Crippen LogP) is 3.83. The normalized spacial score (nSPS) is 11.7.